The number of amides is 1. The van der Waals surface area contributed by atoms with Crippen LogP contribution in [0, 0.1) is 0 Å². The molecule has 0 aromatic heterocycles. The molecule has 10 heteroatoms. The van der Waals surface area contributed by atoms with E-state index in [9.17, 15) is 29.7 Å². The van der Waals surface area contributed by atoms with Gasteiger partial charge in [0.15, 0.2) is 6.10 Å². The van der Waals surface area contributed by atoms with Gasteiger partial charge in [-0.15, -0.1) is 0 Å². The number of aliphatic hydroxyl groups excluding tert-OH is 4. The predicted octanol–water partition coefficient (Wildman–Crippen LogP) is 1.60. The zero-order chi connectivity index (χ0) is 25.1. The lowest BCUT2D eigenvalue weighted by Gasteiger charge is -2.27. The molecule has 194 valence electrons. The molecule has 10 nitrogen and oxygen atoms in total. The fourth-order valence-corrected chi connectivity index (χ4v) is 3.33. The first-order valence-corrected chi connectivity index (χ1v) is 12.1. The van der Waals surface area contributed by atoms with Crippen molar-refractivity contribution in [2.75, 3.05) is 13.2 Å². The third-order valence-electron chi connectivity index (χ3n) is 5.37. The third-order valence-corrected chi connectivity index (χ3v) is 5.37. The molecule has 33 heavy (non-hydrogen) atoms. The van der Waals surface area contributed by atoms with Crippen LogP contribution in [0.5, 0.6) is 0 Å². The Bertz CT molecular complexity index is 532. The molecule has 5 N–H and O–H groups in total. The van der Waals surface area contributed by atoms with Crippen LogP contribution in [0.4, 0.5) is 4.79 Å². The van der Waals surface area contributed by atoms with Crippen molar-refractivity contribution >= 4 is 18.3 Å². The summed E-state index contributed by atoms with van der Waals surface area (Å²) in [6.45, 7) is 2.99. The van der Waals surface area contributed by atoms with Crippen molar-refractivity contribution in [2.24, 2.45) is 0 Å². The number of nitrogens with one attached hydrogen (secondary N) is 1. The summed E-state index contributed by atoms with van der Waals surface area (Å²) in [6, 6.07) is -1.57. The summed E-state index contributed by atoms with van der Waals surface area (Å²) >= 11 is 0. The monoisotopic (exact) mass is 477 g/mol. The second-order valence-electron chi connectivity index (χ2n) is 8.16. The van der Waals surface area contributed by atoms with E-state index >= 15 is 0 Å². The highest BCUT2D eigenvalue weighted by Crippen LogP contribution is 2.14. The van der Waals surface area contributed by atoms with E-state index in [-0.39, 0.29) is 19.3 Å². The summed E-state index contributed by atoms with van der Waals surface area (Å²) in [4.78, 5) is 35.7. The zero-order valence-corrected chi connectivity index (χ0v) is 20.0. The molecule has 0 spiro atoms. The van der Waals surface area contributed by atoms with Crippen LogP contribution in [-0.2, 0) is 19.1 Å². The van der Waals surface area contributed by atoms with Gasteiger partial charge in [0, 0.05) is 0 Å². The van der Waals surface area contributed by atoms with Crippen LogP contribution in [0.3, 0.4) is 0 Å². The van der Waals surface area contributed by atoms with E-state index in [0.717, 1.165) is 25.7 Å². The molecule has 0 aliphatic rings. The first-order chi connectivity index (χ1) is 15.8. The normalized spacial score (nSPS) is 15.7. The summed E-state index contributed by atoms with van der Waals surface area (Å²) in [5, 5.41) is 40.4. The lowest BCUT2D eigenvalue weighted by Crippen LogP contribution is -2.55. The molecule has 0 radical (unpaired) electrons. The second-order valence-corrected chi connectivity index (χ2v) is 8.16. The van der Waals surface area contributed by atoms with Gasteiger partial charge in [-0.05, 0) is 19.8 Å². The van der Waals surface area contributed by atoms with Gasteiger partial charge in [-0.2, -0.15) is 0 Å². The lowest BCUT2D eigenvalue weighted by molar-refractivity contribution is -0.138. The SMILES string of the molecule is CCCCCCCCCCCCC(OC(=O)OCC)C(=O)N[C@@H](C=O)[C@@H](O)[C@H](O)[C@H](O)CO. The van der Waals surface area contributed by atoms with E-state index in [4.69, 9.17) is 14.6 Å². The number of hydrogen-bond donors (Lipinski definition) is 5. The molecule has 0 aromatic carbocycles. The lowest BCUT2D eigenvalue weighted by atomic mass is 10.0. The Hall–Kier alpha value is -1.75. The van der Waals surface area contributed by atoms with Crippen molar-refractivity contribution < 1.29 is 44.3 Å². The second kappa shape index (κ2) is 19.7. The molecule has 0 rings (SSSR count). The van der Waals surface area contributed by atoms with E-state index in [1.807, 2.05) is 0 Å². The highest BCUT2D eigenvalue weighted by molar-refractivity contribution is 5.85. The van der Waals surface area contributed by atoms with Crippen LogP contribution >= 0.6 is 0 Å². The summed E-state index contributed by atoms with van der Waals surface area (Å²) in [5.74, 6) is -0.833. The van der Waals surface area contributed by atoms with Gasteiger partial charge in [0.05, 0.1) is 13.2 Å². The Morgan fingerprint density at radius 2 is 1.42 bits per heavy atom. The first kappa shape index (κ1) is 31.2. The predicted molar refractivity (Wildman–Crippen MR) is 121 cm³/mol. The number of carbonyl (C=O) groups excluding carboxylic acids is 3. The number of aldehydes is 1. The minimum Gasteiger partial charge on any atom is -0.435 e. The van der Waals surface area contributed by atoms with Crippen molar-refractivity contribution in [1.82, 2.24) is 5.32 Å². The molecular formula is C23H43NO9. The van der Waals surface area contributed by atoms with Crippen LogP contribution in [0.1, 0.15) is 84.5 Å². The molecular weight excluding hydrogens is 434 g/mol. The number of rotatable bonds is 20. The summed E-state index contributed by atoms with van der Waals surface area (Å²) in [7, 11) is 0. The highest BCUT2D eigenvalue weighted by Gasteiger charge is 2.34. The van der Waals surface area contributed by atoms with Gasteiger partial charge >= 0.3 is 6.16 Å². The van der Waals surface area contributed by atoms with Gasteiger partial charge in [0.2, 0.25) is 0 Å². The Balaban J connectivity index is 4.67. The zero-order valence-electron chi connectivity index (χ0n) is 20.0. The Morgan fingerprint density at radius 3 is 1.91 bits per heavy atom. The number of aliphatic hydroxyl groups is 4. The third kappa shape index (κ3) is 14.2. The summed E-state index contributed by atoms with van der Waals surface area (Å²) in [6.07, 6.45) is 3.60. The minimum absolute atomic E-state index is 0.0619. The van der Waals surface area contributed by atoms with Crippen LogP contribution < -0.4 is 5.32 Å². The molecule has 0 fully saturated rings. The smallest absolute Gasteiger partial charge is 0.435 e. The van der Waals surface area contributed by atoms with Crippen molar-refractivity contribution in [1.29, 1.82) is 0 Å². The number of carbonyl (C=O) groups is 3. The maximum absolute atomic E-state index is 12.6. The molecule has 1 unspecified atom stereocenters. The topological polar surface area (TPSA) is 163 Å². The van der Waals surface area contributed by atoms with Crippen molar-refractivity contribution in [2.45, 2.75) is 115 Å². The van der Waals surface area contributed by atoms with Crippen LogP contribution in [0.15, 0.2) is 0 Å². The maximum atomic E-state index is 12.6. The van der Waals surface area contributed by atoms with E-state index in [2.05, 4.69) is 12.2 Å². The Labute approximate surface area is 196 Å². The van der Waals surface area contributed by atoms with Crippen molar-refractivity contribution in [3.63, 3.8) is 0 Å². The average Bonchev–Trinajstić information content (AvgIpc) is 2.81. The van der Waals surface area contributed by atoms with Gasteiger partial charge in [-0.1, -0.05) is 64.7 Å². The number of hydrogen-bond acceptors (Lipinski definition) is 9. The first-order valence-electron chi connectivity index (χ1n) is 12.1. The quantitative estimate of drug-likeness (QED) is 0.0995. The summed E-state index contributed by atoms with van der Waals surface area (Å²) < 4.78 is 9.79. The fraction of sp³-hybridized carbons (Fsp3) is 0.870. The van der Waals surface area contributed by atoms with E-state index in [1.165, 1.54) is 32.1 Å². The van der Waals surface area contributed by atoms with Gasteiger partial charge in [-0.25, -0.2) is 4.79 Å². The largest absolute Gasteiger partial charge is 0.509 e. The van der Waals surface area contributed by atoms with Gasteiger partial charge < -0.3 is 40.0 Å². The molecule has 5 atom stereocenters. The molecule has 0 aromatic rings. The van der Waals surface area contributed by atoms with E-state index in [0.29, 0.717) is 6.42 Å². The standard InChI is InChI=1S/C23H43NO9/c1-3-5-6-7-8-9-10-11-12-13-14-19(33-23(31)32-4-2)22(30)24-17(15-25)20(28)21(29)18(27)16-26/h15,17-21,26-29H,3-14,16H2,1-2H3,(H,24,30)/t17-,18+,19?,20+,21+/m0/s1. The molecule has 0 aliphatic heterocycles. The molecule has 1 amide bonds. The highest BCUT2D eigenvalue weighted by atomic mass is 16.7. The molecule has 0 saturated heterocycles. The van der Waals surface area contributed by atoms with Crippen molar-refractivity contribution in [3.8, 4) is 0 Å². The number of ether oxygens (including phenoxy) is 2. The van der Waals surface area contributed by atoms with Gasteiger partial charge in [0.25, 0.3) is 5.91 Å². The fourth-order valence-electron chi connectivity index (χ4n) is 3.33. The Kier molecular flexibility index (Phi) is 18.7. The Morgan fingerprint density at radius 1 is 0.879 bits per heavy atom. The van der Waals surface area contributed by atoms with Crippen LogP contribution in [0.2, 0.25) is 0 Å². The molecule has 0 aliphatic carbocycles. The minimum atomic E-state index is -1.87. The molecule has 0 saturated carbocycles. The maximum Gasteiger partial charge on any atom is 0.509 e. The molecule has 0 bridgehead atoms. The average molecular weight is 478 g/mol. The summed E-state index contributed by atoms with van der Waals surface area (Å²) in [5.41, 5.74) is 0. The number of unbranched alkanes of at least 4 members (excludes halogenated alkanes) is 9. The van der Waals surface area contributed by atoms with E-state index in [1.54, 1.807) is 6.92 Å². The van der Waals surface area contributed by atoms with E-state index < -0.39 is 49.1 Å². The van der Waals surface area contributed by atoms with Crippen LogP contribution in [0.25, 0.3) is 0 Å². The van der Waals surface area contributed by atoms with Crippen molar-refractivity contribution in [3.05, 3.63) is 0 Å². The van der Waals surface area contributed by atoms with Crippen LogP contribution in [-0.4, -0.2) is 82.4 Å². The molecule has 0 heterocycles. The van der Waals surface area contributed by atoms with Gasteiger partial charge in [0.1, 0.15) is 30.6 Å². The van der Waals surface area contributed by atoms with Gasteiger partial charge in [-0.3, -0.25) is 4.79 Å².